The van der Waals surface area contributed by atoms with E-state index in [9.17, 15) is 15.3 Å². The van der Waals surface area contributed by atoms with E-state index in [1.807, 2.05) is 25.1 Å². The van der Waals surface area contributed by atoms with Crippen molar-refractivity contribution in [1.82, 2.24) is 0 Å². The molecule has 39 heavy (non-hydrogen) atoms. The molecule has 0 bridgehead atoms. The molecule has 4 nitrogen and oxygen atoms in total. The van der Waals surface area contributed by atoms with Crippen LogP contribution in [0.1, 0.15) is 102 Å². The summed E-state index contributed by atoms with van der Waals surface area (Å²) in [6.45, 7) is 14.2. The molecule has 0 saturated heterocycles. The van der Waals surface area contributed by atoms with Crippen LogP contribution in [0.25, 0.3) is 0 Å². The molecule has 3 fully saturated rings. The summed E-state index contributed by atoms with van der Waals surface area (Å²) in [6, 6.07) is 9.25. The van der Waals surface area contributed by atoms with Crippen LogP contribution in [0.4, 0.5) is 0 Å². The molecule has 0 spiro atoms. The van der Waals surface area contributed by atoms with E-state index >= 15 is 0 Å². The number of aromatic hydroxyl groups is 3. The van der Waals surface area contributed by atoms with Crippen LogP contribution < -0.4 is 5.73 Å². The van der Waals surface area contributed by atoms with E-state index in [0.29, 0.717) is 11.3 Å². The molecule has 0 aromatic heterocycles. The van der Waals surface area contributed by atoms with Gasteiger partial charge < -0.3 is 21.1 Å². The number of phenolic OH excluding ortho intramolecular Hbond substituents is 3. The number of fused-ring (bicyclic) bond motifs is 7. The Hall–Kier alpha value is -2.11. The molecule has 0 aliphatic heterocycles. The van der Waals surface area contributed by atoms with Crippen LogP contribution in [0.2, 0.25) is 0 Å². The van der Waals surface area contributed by atoms with E-state index in [0.717, 1.165) is 53.7 Å². The highest BCUT2D eigenvalue weighted by molar-refractivity contribution is 7.99. The fraction of sp³-hybridized carbons (Fsp3) is 0.588. The molecule has 5 heteroatoms. The normalized spacial score (nSPS) is 41.1. The van der Waals surface area contributed by atoms with Crippen LogP contribution >= 0.6 is 11.8 Å². The molecule has 2 aromatic carbocycles. The SMILES string of the molecule is Cc1c(O)c(O)cc2c1C(Sc1ccc(O)cc1)C=C1[C@@]2(C)CC[C@@]2(C)[C@@H]3C[C@](C)(N)CCC3(C)CC[C@]12C. The molecule has 2 aromatic rings. The smallest absolute Gasteiger partial charge is 0.160 e. The Morgan fingerprint density at radius 2 is 1.54 bits per heavy atom. The van der Waals surface area contributed by atoms with Gasteiger partial charge in [0.1, 0.15) is 5.75 Å². The Morgan fingerprint density at radius 1 is 0.872 bits per heavy atom. The second kappa shape index (κ2) is 8.45. The first-order valence-electron chi connectivity index (χ1n) is 14.7. The number of thioether (sulfide) groups is 1. The summed E-state index contributed by atoms with van der Waals surface area (Å²) in [4.78, 5) is 1.07. The van der Waals surface area contributed by atoms with Crippen LogP contribution in [0.3, 0.4) is 0 Å². The lowest BCUT2D eigenvalue weighted by molar-refractivity contribution is -0.148. The summed E-state index contributed by atoms with van der Waals surface area (Å²) in [7, 11) is 0. The third-order valence-electron chi connectivity index (χ3n) is 12.2. The number of phenols is 3. The number of benzene rings is 2. The van der Waals surface area contributed by atoms with Gasteiger partial charge in [0.2, 0.25) is 0 Å². The van der Waals surface area contributed by atoms with Crippen molar-refractivity contribution in [2.75, 3.05) is 0 Å². The van der Waals surface area contributed by atoms with Crippen LogP contribution in [-0.2, 0) is 5.41 Å². The van der Waals surface area contributed by atoms with E-state index in [1.54, 1.807) is 23.9 Å². The molecular weight excluding hydrogens is 502 g/mol. The third kappa shape index (κ3) is 3.75. The van der Waals surface area contributed by atoms with Crippen molar-refractivity contribution >= 4 is 11.8 Å². The summed E-state index contributed by atoms with van der Waals surface area (Å²) in [5.41, 5.74) is 11.6. The zero-order valence-corrected chi connectivity index (χ0v) is 25.2. The van der Waals surface area contributed by atoms with Crippen LogP contribution in [0, 0.1) is 29.1 Å². The Bertz CT molecular complexity index is 1370. The average molecular weight is 548 g/mol. The maximum atomic E-state index is 10.8. The maximum Gasteiger partial charge on any atom is 0.160 e. The quantitative estimate of drug-likeness (QED) is 0.225. The van der Waals surface area contributed by atoms with Gasteiger partial charge in [0.15, 0.2) is 11.5 Å². The van der Waals surface area contributed by atoms with E-state index in [4.69, 9.17) is 5.73 Å². The van der Waals surface area contributed by atoms with Crippen LogP contribution in [0.5, 0.6) is 17.2 Å². The Kier molecular flexibility index (Phi) is 5.87. The summed E-state index contributed by atoms with van der Waals surface area (Å²) >= 11 is 1.76. The minimum absolute atomic E-state index is 0.00210. The van der Waals surface area contributed by atoms with Crippen molar-refractivity contribution in [2.45, 2.75) is 108 Å². The molecule has 5 N–H and O–H groups in total. The number of hydrogen-bond acceptors (Lipinski definition) is 5. The Labute approximate surface area is 238 Å². The van der Waals surface area contributed by atoms with Gasteiger partial charge in [-0.25, -0.2) is 0 Å². The monoisotopic (exact) mass is 547 g/mol. The van der Waals surface area contributed by atoms with Gasteiger partial charge in [-0.2, -0.15) is 0 Å². The van der Waals surface area contributed by atoms with Crippen molar-refractivity contribution in [3.63, 3.8) is 0 Å². The van der Waals surface area contributed by atoms with Crippen molar-refractivity contribution in [3.05, 3.63) is 58.7 Å². The first-order valence-corrected chi connectivity index (χ1v) is 15.5. The minimum atomic E-state index is -0.208. The van der Waals surface area contributed by atoms with Crippen molar-refractivity contribution in [1.29, 1.82) is 0 Å². The number of allylic oxidation sites excluding steroid dienone is 1. The molecule has 6 rings (SSSR count). The van der Waals surface area contributed by atoms with Gasteiger partial charge in [0, 0.05) is 15.8 Å². The van der Waals surface area contributed by atoms with E-state index in [-0.39, 0.29) is 44.3 Å². The van der Waals surface area contributed by atoms with Crippen molar-refractivity contribution < 1.29 is 15.3 Å². The van der Waals surface area contributed by atoms with Crippen molar-refractivity contribution in [3.8, 4) is 17.2 Å². The summed E-state index contributed by atoms with van der Waals surface area (Å²) in [6.07, 6.45) is 10.4. The van der Waals surface area contributed by atoms with Crippen LogP contribution in [-0.4, -0.2) is 20.9 Å². The molecular formula is C34H45NO3S. The molecule has 7 atom stereocenters. The zero-order valence-electron chi connectivity index (χ0n) is 24.4. The first-order chi connectivity index (χ1) is 18.1. The minimum Gasteiger partial charge on any atom is -0.508 e. The van der Waals surface area contributed by atoms with Gasteiger partial charge in [-0.05, 0) is 128 Å². The molecule has 210 valence electrons. The van der Waals surface area contributed by atoms with Crippen molar-refractivity contribution in [2.24, 2.45) is 27.9 Å². The van der Waals surface area contributed by atoms with Gasteiger partial charge in [-0.3, -0.25) is 0 Å². The lowest BCUT2D eigenvalue weighted by atomic mass is 9.35. The predicted octanol–water partition coefficient (Wildman–Crippen LogP) is 8.27. The lowest BCUT2D eigenvalue weighted by Gasteiger charge is -2.70. The lowest BCUT2D eigenvalue weighted by Crippen LogP contribution is -2.63. The average Bonchev–Trinajstić information content (AvgIpc) is 2.88. The predicted molar refractivity (Wildman–Crippen MR) is 159 cm³/mol. The van der Waals surface area contributed by atoms with Gasteiger partial charge in [-0.15, -0.1) is 11.8 Å². The number of rotatable bonds is 2. The Morgan fingerprint density at radius 3 is 2.23 bits per heavy atom. The summed E-state index contributed by atoms with van der Waals surface area (Å²) in [5.74, 6) is 0.781. The number of nitrogens with two attached hydrogens (primary N) is 1. The van der Waals surface area contributed by atoms with Crippen LogP contribution in [0.15, 0.2) is 46.9 Å². The van der Waals surface area contributed by atoms with Gasteiger partial charge in [0.25, 0.3) is 0 Å². The highest BCUT2D eigenvalue weighted by Gasteiger charge is 2.66. The molecule has 0 radical (unpaired) electrons. The maximum absolute atomic E-state index is 10.8. The van der Waals surface area contributed by atoms with E-state index in [1.165, 1.54) is 18.4 Å². The van der Waals surface area contributed by atoms with Gasteiger partial charge in [-0.1, -0.05) is 39.3 Å². The van der Waals surface area contributed by atoms with E-state index in [2.05, 4.69) is 40.7 Å². The second-order valence-corrected chi connectivity index (χ2v) is 15.8. The highest BCUT2D eigenvalue weighted by Crippen LogP contribution is 2.74. The Balaban J connectivity index is 1.53. The van der Waals surface area contributed by atoms with Gasteiger partial charge in [0.05, 0.1) is 5.25 Å². The highest BCUT2D eigenvalue weighted by atomic mass is 32.2. The van der Waals surface area contributed by atoms with Gasteiger partial charge >= 0.3 is 0 Å². The topological polar surface area (TPSA) is 86.7 Å². The number of hydrogen-bond donors (Lipinski definition) is 4. The summed E-state index contributed by atoms with van der Waals surface area (Å²) in [5, 5.41) is 31.5. The standard InChI is InChI=1S/C34H45NO3S/c1-20-28-23(17-24(37)29(20)38)32(4)14-16-34(6)27-19-31(3,35)13-11-30(27,2)12-15-33(34,5)26(32)18-25(28)39-22-9-7-21(36)8-10-22/h7-10,17-18,25,27,36-38H,11-16,19,35H2,1-6H3/t25?,27-,30?,31-,32+,33-,34+/m1/s1. The fourth-order valence-electron chi connectivity index (χ4n) is 9.48. The largest absolute Gasteiger partial charge is 0.508 e. The second-order valence-electron chi connectivity index (χ2n) is 14.6. The third-order valence-corrected chi connectivity index (χ3v) is 13.4. The molecule has 2 unspecified atom stereocenters. The molecule has 4 aliphatic carbocycles. The summed E-state index contributed by atoms with van der Waals surface area (Å²) < 4.78 is 0. The molecule has 0 amide bonds. The fourth-order valence-corrected chi connectivity index (χ4v) is 10.7. The first kappa shape index (κ1) is 27.1. The zero-order chi connectivity index (χ0) is 28.2. The van der Waals surface area contributed by atoms with E-state index < -0.39 is 0 Å². The molecule has 3 saturated carbocycles. The molecule has 0 heterocycles. The molecule has 4 aliphatic rings.